The van der Waals surface area contributed by atoms with Crippen LogP contribution in [0.3, 0.4) is 0 Å². The number of anilines is 1. The molecule has 1 atom stereocenters. The highest BCUT2D eigenvalue weighted by Gasteiger charge is 2.12. The minimum Gasteiger partial charge on any atom is -0.361 e. The van der Waals surface area contributed by atoms with Gasteiger partial charge in [-0.1, -0.05) is 18.5 Å². The summed E-state index contributed by atoms with van der Waals surface area (Å²) in [6.45, 7) is 3.93. The fraction of sp³-hybridized carbons (Fsp3) is 0.364. The van der Waals surface area contributed by atoms with E-state index in [1.807, 2.05) is 18.5 Å². The van der Waals surface area contributed by atoms with Crippen molar-refractivity contribution in [2.45, 2.75) is 26.3 Å². The zero-order valence-electron chi connectivity index (χ0n) is 9.64. The van der Waals surface area contributed by atoms with E-state index in [9.17, 15) is 0 Å². The number of thiazole rings is 1. The van der Waals surface area contributed by atoms with E-state index in [-0.39, 0.29) is 6.04 Å². The van der Waals surface area contributed by atoms with Gasteiger partial charge < -0.3 is 5.32 Å². The van der Waals surface area contributed by atoms with Crippen molar-refractivity contribution in [1.82, 2.24) is 15.0 Å². The first kappa shape index (κ1) is 12.3. The SMILES string of the molecule is CCC(Nc1cc(Cl)nc(C)n1)c1nccs1. The maximum atomic E-state index is 5.90. The molecule has 0 aliphatic rings. The first-order chi connectivity index (χ1) is 8.19. The summed E-state index contributed by atoms with van der Waals surface area (Å²) in [6.07, 6.45) is 2.75. The van der Waals surface area contributed by atoms with E-state index in [4.69, 9.17) is 11.6 Å². The molecule has 2 aromatic heterocycles. The Morgan fingerprint density at radius 1 is 1.47 bits per heavy atom. The fourth-order valence-electron chi connectivity index (χ4n) is 1.53. The van der Waals surface area contributed by atoms with Crippen LogP contribution in [0.4, 0.5) is 5.82 Å². The second-order valence-corrected chi connectivity index (χ2v) is 4.91. The minimum atomic E-state index is 0.167. The zero-order chi connectivity index (χ0) is 12.3. The van der Waals surface area contributed by atoms with E-state index < -0.39 is 0 Å². The number of aromatic nitrogens is 3. The van der Waals surface area contributed by atoms with Crippen LogP contribution in [0.5, 0.6) is 0 Å². The maximum Gasteiger partial charge on any atom is 0.134 e. The van der Waals surface area contributed by atoms with Gasteiger partial charge in [0.05, 0.1) is 6.04 Å². The highest BCUT2D eigenvalue weighted by Crippen LogP contribution is 2.24. The van der Waals surface area contributed by atoms with Gasteiger partial charge >= 0.3 is 0 Å². The van der Waals surface area contributed by atoms with Gasteiger partial charge in [0.15, 0.2) is 0 Å². The number of hydrogen-bond donors (Lipinski definition) is 1. The first-order valence-corrected chi connectivity index (χ1v) is 6.62. The van der Waals surface area contributed by atoms with Crippen molar-refractivity contribution >= 4 is 28.8 Å². The molecule has 0 fully saturated rings. The molecule has 0 aromatic carbocycles. The Morgan fingerprint density at radius 2 is 2.29 bits per heavy atom. The quantitative estimate of drug-likeness (QED) is 0.863. The molecule has 0 aliphatic carbocycles. The van der Waals surface area contributed by atoms with Crippen LogP contribution in [-0.4, -0.2) is 15.0 Å². The Hall–Kier alpha value is -1.20. The molecule has 0 saturated carbocycles. The van der Waals surface area contributed by atoms with Crippen LogP contribution >= 0.6 is 22.9 Å². The van der Waals surface area contributed by atoms with Crippen molar-refractivity contribution in [1.29, 1.82) is 0 Å². The van der Waals surface area contributed by atoms with E-state index in [2.05, 4.69) is 27.2 Å². The predicted octanol–water partition coefficient (Wildman–Crippen LogP) is 3.46. The summed E-state index contributed by atoms with van der Waals surface area (Å²) < 4.78 is 0. The van der Waals surface area contributed by atoms with E-state index in [1.165, 1.54) is 0 Å². The molecule has 6 heteroatoms. The molecule has 0 amide bonds. The van der Waals surface area contributed by atoms with Gasteiger partial charge in [-0.25, -0.2) is 15.0 Å². The molecule has 0 bridgehead atoms. The number of rotatable bonds is 4. The van der Waals surface area contributed by atoms with E-state index in [1.54, 1.807) is 17.4 Å². The largest absolute Gasteiger partial charge is 0.361 e. The van der Waals surface area contributed by atoms with Gasteiger partial charge in [0, 0.05) is 17.6 Å². The molecule has 1 N–H and O–H groups in total. The molecule has 2 rings (SSSR count). The van der Waals surface area contributed by atoms with Crippen LogP contribution in [0.15, 0.2) is 17.6 Å². The van der Waals surface area contributed by atoms with Gasteiger partial charge in [-0.3, -0.25) is 0 Å². The van der Waals surface area contributed by atoms with Gasteiger partial charge in [-0.15, -0.1) is 11.3 Å². The van der Waals surface area contributed by atoms with Crippen molar-refractivity contribution in [3.05, 3.63) is 33.6 Å². The number of nitrogens with zero attached hydrogens (tertiary/aromatic N) is 3. The van der Waals surface area contributed by atoms with Crippen molar-refractivity contribution in [2.75, 3.05) is 5.32 Å². The number of hydrogen-bond acceptors (Lipinski definition) is 5. The average molecular weight is 269 g/mol. The topological polar surface area (TPSA) is 50.7 Å². The molecule has 90 valence electrons. The monoisotopic (exact) mass is 268 g/mol. The minimum absolute atomic E-state index is 0.167. The van der Waals surface area contributed by atoms with Gasteiger partial charge in [0.1, 0.15) is 21.8 Å². The second-order valence-electron chi connectivity index (χ2n) is 3.60. The molecule has 2 heterocycles. The molecule has 17 heavy (non-hydrogen) atoms. The Balaban J connectivity index is 2.18. The Morgan fingerprint density at radius 3 is 2.88 bits per heavy atom. The zero-order valence-corrected chi connectivity index (χ0v) is 11.2. The third-order valence-electron chi connectivity index (χ3n) is 2.29. The van der Waals surface area contributed by atoms with Gasteiger partial charge in [0.2, 0.25) is 0 Å². The molecule has 1 unspecified atom stereocenters. The lowest BCUT2D eigenvalue weighted by molar-refractivity contribution is 0.735. The summed E-state index contributed by atoms with van der Waals surface area (Å²) in [5.74, 6) is 1.40. The highest BCUT2D eigenvalue weighted by atomic mass is 35.5. The van der Waals surface area contributed by atoms with Crippen LogP contribution < -0.4 is 5.32 Å². The number of nitrogens with one attached hydrogen (secondary N) is 1. The molecule has 2 aromatic rings. The van der Waals surface area contributed by atoms with Crippen molar-refractivity contribution in [3.63, 3.8) is 0 Å². The molecular weight excluding hydrogens is 256 g/mol. The van der Waals surface area contributed by atoms with Crippen LogP contribution in [-0.2, 0) is 0 Å². The van der Waals surface area contributed by atoms with Crippen molar-refractivity contribution in [3.8, 4) is 0 Å². The lowest BCUT2D eigenvalue weighted by atomic mass is 10.2. The lowest BCUT2D eigenvalue weighted by Gasteiger charge is -2.15. The predicted molar refractivity (Wildman–Crippen MR) is 70.5 cm³/mol. The standard InChI is InChI=1S/C11H13ClN4S/c1-3-8(11-13-4-5-17-11)16-10-6-9(12)14-7(2)15-10/h4-6,8H,3H2,1-2H3,(H,14,15,16). The summed E-state index contributed by atoms with van der Waals surface area (Å²) in [7, 11) is 0. The maximum absolute atomic E-state index is 5.90. The smallest absolute Gasteiger partial charge is 0.134 e. The van der Waals surface area contributed by atoms with E-state index in [0.717, 1.165) is 17.2 Å². The number of aryl methyl sites for hydroxylation is 1. The third kappa shape index (κ3) is 3.14. The van der Waals surface area contributed by atoms with E-state index in [0.29, 0.717) is 11.0 Å². The Bertz CT molecular complexity index is 466. The second kappa shape index (κ2) is 5.42. The summed E-state index contributed by atoms with van der Waals surface area (Å²) in [6, 6.07) is 1.89. The lowest BCUT2D eigenvalue weighted by Crippen LogP contribution is -2.11. The average Bonchev–Trinajstić information content (AvgIpc) is 2.77. The highest BCUT2D eigenvalue weighted by molar-refractivity contribution is 7.09. The van der Waals surface area contributed by atoms with Gasteiger partial charge in [0.25, 0.3) is 0 Å². The number of halogens is 1. The fourth-order valence-corrected chi connectivity index (χ4v) is 2.53. The molecular formula is C11H13ClN4S. The normalized spacial score (nSPS) is 12.4. The summed E-state index contributed by atoms with van der Waals surface area (Å²) >= 11 is 7.53. The Kier molecular flexibility index (Phi) is 3.91. The molecule has 0 spiro atoms. The third-order valence-corrected chi connectivity index (χ3v) is 3.37. The van der Waals surface area contributed by atoms with Crippen molar-refractivity contribution in [2.24, 2.45) is 0 Å². The van der Waals surface area contributed by atoms with Gasteiger partial charge in [-0.05, 0) is 13.3 Å². The van der Waals surface area contributed by atoms with Crippen LogP contribution in [0.25, 0.3) is 0 Å². The van der Waals surface area contributed by atoms with Crippen LogP contribution in [0, 0.1) is 6.92 Å². The molecule has 4 nitrogen and oxygen atoms in total. The van der Waals surface area contributed by atoms with Gasteiger partial charge in [-0.2, -0.15) is 0 Å². The summed E-state index contributed by atoms with van der Waals surface area (Å²) in [4.78, 5) is 12.6. The van der Waals surface area contributed by atoms with Crippen LogP contribution in [0.1, 0.15) is 30.2 Å². The Labute approximate surface area is 109 Å². The first-order valence-electron chi connectivity index (χ1n) is 5.36. The molecule has 0 aliphatic heterocycles. The van der Waals surface area contributed by atoms with Crippen molar-refractivity contribution < 1.29 is 0 Å². The molecule has 0 saturated heterocycles. The summed E-state index contributed by atoms with van der Waals surface area (Å²) in [5, 5.41) is 6.80. The van der Waals surface area contributed by atoms with E-state index >= 15 is 0 Å². The summed E-state index contributed by atoms with van der Waals surface area (Å²) in [5.41, 5.74) is 0. The molecule has 0 radical (unpaired) electrons. The van der Waals surface area contributed by atoms with Crippen LogP contribution in [0.2, 0.25) is 5.15 Å².